The van der Waals surface area contributed by atoms with Crippen LogP contribution in [0.2, 0.25) is 0 Å². The van der Waals surface area contributed by atoms with Crippen molar-refractivity contribution in [3.63, 3.8) is 0 Å². The van der Waals surface area contributed by atoms with Gasteiger partial charge in [0.05, 0.1) is 26.9 Å². The van der Waals surface area contributed by atoms with Crippen LogP contribution in [0.3, 0.4) is 0 Å². The van der Waals surface area contributed by atoms with Gasteiger partial charge in [-0.15, -0.1) is 11.8 Å². The molecule has 3 aromatic rings. The van der Waals surface area contributed by atoms with E-state index in [1.807, 2.05) is 60.7 Å². The van der Waals surface area contributed by atoms with Gasteiger partial charge in [-0.2, -0.15) is 0 Å². The number of rotatable bonds is 10. The number of benzene rings is 3. The third-order valence-electron chi connectivity index (χ3n) is 6.57. The van der Waals surface area contributed by atoms with Gasteiger partial charge in [-0.25, -0.2) is 0 Å². The molecule has 2 fully saturated rings. The first kappa shape index (κ1) is 26.2. The van der Waals surface area contributed by atoms with Crippen LogP contribution in [-0.4, -0.2) is 49.3 Å². The Bertz CT molecular complexity index is 1080. The highest BCUT2D eigenvalue weighted by atomic mass is 32.2. The molecule has 37 heavy (non-hydrogen) atoms. The van der Waals surface area contributed by atoms with Crippen molar-refractivity contribution in [3.05, 3.63) is 102 Å². The summed E-state index contributed by atoms with van der Waals surface area (Å²) in [6, 6.07) is 28.1. The molecule has 196 valence electrons. The predicted molar refractivity (Wildman–Crippen MR) is 143 cm³/mol. The van der Waals surface area contributed by atoms with Gasteiger partial charge in [0, 0.05) is 5.56 Å². The Morgan fingerprint density at radius 1 is 0.784 bits per heavy atom. The Hall–Kier alpha value is -2.39. The lowest BCUT2D eigenvalue weighted by atomic mass is 9.98. The van der Waals surface area contributed by atoms with E-state index in [0.717, 1.165) is 28.2 Å². The highest BCUT2D eigenvalue weighted by Crippen LogP contribution is 2.40. The first-order valence-corrected chi connectivity index (χ1v) is 13.8. The van der Waals surface area contributed by atoms with Crippen LogP contribution in [-0.2, 0) is 36.9 Å². The fourth-order valence-corrected chi connectivity index (χ4v) is 5.65. The minimum Gasteiger partial charge on any atom is -0.497 e. The summed E-state index contributed by atoms with van der Waals surface area (Å²) >= 11 is 1.73. The van der Waals surface area contributed by atoms with Crippen LogP contribution >= 0.6 is 11.8 Å². The van der Waals surface area contributed by atoms with Crippen LogP contribution in [0.5, 0.6) is 5.75 Å². The van der Waals surface area contributed by atoms with Crippen LogP contribution < -0.4 is 4.74 Å². The Morgan fingerprint density at radius 2 is 1.41 bits per heavy atom. The van der Waals surface area contributed by atoms with Crippen LogP contribution in [0.4, 0.5) is 0 Å². The van der Waals surface area contributed by atoms with Crippen molar-refractivity contribution in [1.29, 1.82) is 0 Å². The van der Waals surface area contributed by atoms with Gasteiger partial charge in [0.15, 0.2) is 6.29 Å². The van der Waals surface area contributed by atoms with Crippen molar-refractivity contribution in [3.8, 4) is 5.75 Å². The summed E-state index contributed by atoms with van der Waals surface area (Å²) in [5.41, 5.74) is 2.94. The smallest absolute Gasteiger partial charge is 0.184 e. The Kier molecular flexibility index (Phi) is 9.15. The lowest BCUT2D eigenvalue weighted by molar-refractivity contribution is -0.329. The monoisotopic (exact) mass is 522 g/mol. The molecule has 0 radical (unpaired) electrons. The summed E-state index contributed by atoms with van der Waals surface area (Å²) in [4.78, 5) is 0. The second kappa shape index (κ2) is 12.9. The normalized spacial score (nSPS) is 27.4. The van der Waals surface area contributed by atoms with Gasteiger partial charge in [0.25, 0.3) is 0 Å². The molecule has 0 saturated carbocycles. The highest BCUT2D eigenvalue weighted by Gasteiger charge is 2.51. The van der Waals surface area contributed by atoms with Crippen molar-refractivity contribution in [1.82, 2.24) is 0 Å². The third kappa shape index (κ3) is 6.55. The second-order valence-corrected chi connectivity index (χ2v) is 10.4. The quantitative estimate of drug-likeness (QED) is 0.336. The maximum atomic E-state index is 6.62. The minimum absolute atomic E-state index is 0.194. The number of thioether (sulfide) groups is 1. The average molecular weight is 523 g/mol. The Labute approximate surface area is 223 Å². The summed E-state index contributed by atoms with van der Waals surface area (Å²) in [6.07, 6.45) is -1.78. The third-order valence-corrected chi connectivity index (χ3v) is 7.61. The van der Waals surface area contributed by atoms with Gasteiger partial charge in [0.2, 0.25) is 0 Å². The molecule has 0 bridgehead atoms. The molecule has 2 aliphatic rings. The van der Waals surface area contributed by atoms with E-state index in [0.29, 0.717) is 19.8 Å². The molecule has 2 aliphatic heterocycles. The molecular weight excluding hydrogens is 488 g/mol. The first-order valence-electron chi connectivity index (χ1n) is 12.7. The number of ether oxygens (including phenoxy) is 6. The van der Waals surface area contributed by atoms with Gasteiger partial charge in [-0.3, -0.25) is 0 Å². The van der Waals surface area contributed by atoms with E-state index >= 15 is 0 Å². The average Bonchev–Trinajstić information content (AvgIpc) is 2.96. The minimum atomic E-state index is -0.524. The van der Waals surface area contributed by atoms with Crippen molar-refractivity contribution < 1.29 is 28.4 Å². The zero-order chi connectivity index (χ0) is 25.5. The lowest BCUT2D eigenvalue weighted by Gasteiger charge is -2.49. The largest absolute Gasteiger partial charge is 0.497 e. The van der Waals surface area contributed by atoms with Crippen LogP contribution in [0, 0.1) is 0 Å². The van der Waals surface area contributed by atoms with E-state index in [9.17, 15) is 0 Å². The zero-order valence-electron chi connectivity index (χ0n) is 21.2. The molecular formula is C30H34O6S. The van der Waals surface area contributed by atoms with Gasteiger partial charge in [-0.1, -0.05) is 79.7 Å². The summed E-state index contributed by atoms with van der Waals surface area (Å²) in [6.45, 7) is 3.47. The van der Waals surface area contributed by atoms with E-state index in [-0.39, 0.29) is 29.9 Å². The maximum absolute atomic E-state index is 6.62. The SMILES string of the molecule is CCS[C@H]1O[C@@H]2COC(c3ccc(OC)cc3)O[C@H]2[C@H](OCc2ccccc2)[C@H]1OCc1ccccc1. The molecule has 0 aromatic heterocycles. The predicted octanol–water partition coefficient (Wildman–Crippen LogP) is 5.76. The van der Waals surface area contributed by atoms with Gasteiger partial charge >= 0.3 is 0 Å². The van der Waals surface area contributed by atoms with E-state index in [1.165, 1.54) is 0 Å². The van der Waals surface area contributed by atoms with Crippen LogP contribution in [0.1, 0.15) is 29.9 Å². The van der Waals surface area contributed by atoms with Crippen molar-refractivity contribution in [2.75, 3.05) is 19.5 Å². The summed E-state index contributed by atoms with van der Waals surface area (Å²) in [5.74, 6) is 1.69. The van der Waals surface area contributed by atoms with Gasteiger partial charge in [-0.05, 0) is 29.0 Å². The number of fused-ring (bicyclic) bond motifs is 1. The van der Waals surface area contributed by atoms with E-state index in [2.05, 4.69) is 31.2 Å². The molecule has 6 nitrogen and oxygen atoms in total. The topological polar surface area (TPSA) is 55.4 Å². The molecule has 0 N–H and O–H groups in total. The maximum Gasteiger partial charge on any atom is 0.184 e. The molecule has 2 heterocycles. The first-order chi connectivity index (χ1) is 18.2. The molecule has 1 unspecified atom stereocenters. The van der Waals surface area contributed by atoms with E-state index in [4.69, 9.17) is 28.4 Å². The standard InChI is InChI=1S/C30H34O6S/c1-3-37-30-28(33-19-22-12-8-5-9-13-22)27(32-18-21-10-6-4-7-11-21)26-25(35-30)20-34-29(36-26)23-14-16-24(31-2)17-15-23/h4-17,25-30H,3,18-20H2,1-2H3/t25-,26-,27+,28-,29?,30-/m1/s1. The number of hydrogen-bond acceptors (Lipinski definition) is 7. The van der Waals surface area contributed by atoms with Crippen LogP contribution in [0.25, 0.3) is 0 Å². The number of methoxy groups -OCH3 is 1. The van der Waals surface area contributed by atoms with Crippen molar-refractivity contribution >= 4 is 11.8 Å². The fraction of sp³-hybridized carbons (Fsp3) is 0.400. The molecule has 7 heteroatoms. The molecule has 0 amide bonds. The molecule has 3 aromatic carbocycles. The number of hydrogen-bond donors (Lipinski definition) is 0. The fourth-order valence-electron chi connectivity index (χ4n) is 4.67. The zero-order valence-corrected chi connectivity index (χ0v) is 22.0. The van der Waals surface area contributed by atoms with Crippen LogP contribution in [0.15, 0.2) is 84.9 Å². The summed E-state index contributed by atoms with van der Waals surface area (Å²) in [5, 5.41) is 0. The van der Waals surface area contributed by atoms with Crippen molar-refractivity contribution in [2.45, 2.75) is 56.3 Å². The molecule has 0 aliphatic carbocycles. The molecule has 6 atom stereocenters. The van der Waals surface area contributed by atoms with Gasteiger partial charge < -0.3 is 28.4 Å². The lowest BCUT2D eigenvalue weighted by Crippen LogP contribution is -2.62. The molecule has 0 spiro atoms. The molecule has 5 rings (SSSR count). The van der Waals surface area contributed by atoms with Crippen molar-refractivity contribution in [2.24, 2.45) is 0 Å². The van der Waals surface area contributed by atoms with E-state index in [1.54, 1.807) is 18.9 Å². The Morgan fingerprint density at radius 3 is 2.00 bits per heavy atom. The van der Waals surface area contributed by atoms with E-state index < -0.39 is 6.29 Å². The Balaban J connectivity index is 1.39. The highest BCUT2D eigenvalue weighted by molar-refractivity contribution is 7.99. The second-order valence-electron chi connectivity index (χ2n) is 9.06. The summed E-state index contributed by atoms with van der Waals surface area (Å²) in [7, 11) is 1.65. The summed E-state index contributed by atoms with van der Waals surface area (Å²) < 4.78 is 37.7. The molecule has 2 saturated heterocycles. The van der Waals surface area contributed by atoms with Gasteiger partial charge in [0.1, 0.15) is 35.6 Å².